The van der Waals surface area contributed by atoms with Gasteiger partial charge in [0.1, 0.15) is 5.75 Å². The van der Waals surface area contributed by atoms with Gasteiger partial charge in [-0.1, -0.05) is 11.6 Å². The summed E-state index contributed by atoms with van der Waals surface area (Å²) in [4.78, 5) is 14.0. The lowest BCUT2D eigenvalue weighted by molar-refractivity contribution is -0.135. The van der Waals surface area contributed by atoms with Gasteiger partial charge >= 0.3 is 0 Å². The van der Waals surface area contributed by atoms with Crippen LogP contribution >= 0.6 is 24.0 Å². The van der Waals surface area contributed by atoms with Crippen molar-refractivity contribution in [3.63, 3.8) is 0 Å². The van der Waals surface area contributed by atoms with Crippen molar-refractivity contribution in [2.24, 2.45) is 11.7 Å². The van der Waals surface area contributed by atoms with Crippen molar-refractivity contribution in [1.82, 2.24) is 4.90 Å². The molecule has 1 unspecified atom stereocenters. The zero-order chi connectivity index (χ0) is 14.4. The van der Waals surface area contributed by atoms with Crippen LogP contribution in [0.4, 0.5) is 0 Å². The molecule has 1 atom stereocenters. The number of nitrogens with two attached hydrogens (primary N) is 1. The number of hydrogen-bond acceptors (Lipinski definition) is 3. The van der Waals surface area contributed by atoms with Gasteiger partial charge in [0, 0.05) is 18.1 Å². The molecule has 0 radical (unpaired) electrons. The number of nitrogens with zero attached hydrogens (tertiary/aromatic N) is 1. The molecule has 0 aromatic heterocycles. The number of rotatable bonds is 5. The molecule has 1 heterocycles. The van der Waals surface area contributed by atoms with Crippen molar-refractivity contribution in [2.45, 2.75) is 19.3 Å². The van der Waals surface area contributed by atoms with Gasteiger partial charge in [0.15, 0.2) is 6.61 Å². The number of ether oxygens (including phenoxy) is 1. The van der Waals surface area contributed by atoms with Gasteiger partial charge in [-0.2, -0.15) is 0 Å². The van der Waals surface area contributed by atoms with E-state index in [2.05, 4.69) is 0 Å². The minimum atomic E-state index is 0. The molecule has 2 N–H and O–H groups in total. The number of carbonyl (C=O) groups excluding carboxylic acids is 1. The first-order chi connectivity index (χ1) is 9.69. The second-order valence-corrected chi connectivity index (χ2v) is 5.60. The number of halogens is 2. The summed E-state index contributed by atoms with van der Waals surface area (Å²) in [6.45, 7) is 2.40. The normalized spacial score (nSPS) is 18.0. The van der Waals surface area contributed by atoms with Gasteiger partial charge in [-0.25, -0.2) is 0 Å². The number of amides is 1. The van der Waals surface area contributed by atoms with Crippen LogP contribution in [0.1, 0.15) is 19.3 Å². The van der Waals surface area contributed by atoms with E-state index in [0.717, 1.165) is 25.9 Å². The zero-order valence-corrected chi connectivity index (χ0v) is 13.5. The monoisotopic (exact) mass is 332 g/mol. The minimum Gasteiger partial charge on any atom is -0.484 e. The first kappa shape index (κ1) is 18.1. The Kier molecular flexibility index (Phi) is 7.86. The summed E-state index contributed by atoms with van der Waals surface area (Å²) in [5, 5.41) is 0.657. The highest BCUT2D eigenvalue weighted by Crippen LogP contribution is 2.20. The summed E-state index contributed by atoms with van der Waals surface area (Å²) in [5.41, 5.74) is 5.59. The Labute approximate surface area is 137 Å². The molecule has 1 aliphatic heterocycles. The van der Waals surface area contributed by atoms with E-state index in [1.807, 2.05) is 4.90 Å². The number of hydrogen-bond donors (Lipinski definition) is 1. The summed E-state index contributed by atoms with van der Waals surface area (Å²) in [7, 11) is 0. The maximum absolute atomic E-state index is 12.1. The van der Waals surface area contributed by atoms with Gasteiger partial charge in [-0.15, -0.1) is 12.4 Å². The van der Waals surface area contributed by atoms with Crippen LogP contribution in [0.2, 0.25) is 5.02 Å². The third-order valence-corrected chi connectivity index (χ3v) is 3.87. The predicted molar refractivity (Wildman–Crippen MR) is 87.2 cm³/mol. The lowest BCUT2D eigenvalue weighted by Crippen LogP contribution is -2.42. The third-order valence-electron chi connectivity index (χ3n) is 3.62. The van der Waals surface area contributed by atoms with Gasteiger partial charge in [0.2, 0.25) is 0 Å². The number of piperidine rings is 1. The SMILES string of the molecule is Cl.NCCC1CCCN(C(=O)COc2ccc(Cl)cc2)C1. The van der Waals surface area contributed by atoms with Crippen molar-refractivity contribution in [3.05, 3.63) is 29.3 Å². The van der Waals surface area contributed by atoms with E-state index in [-0.39, 0.29) is 24.9 Å². The Hall–Kier alpha value is -0.970. The highest BCUT2D eigenvalue weighted by molar-refractivity contribution is 6.30. The molecule has 1 aliphatic rings. The smallest absolute Gasteiger partial charge is 0.260 e. The molecule has 4 nitrogen and oxygen atoms in total. The van der Waals surface area contributed by atoms with E-state index in [1.165, 1.54) is 6.42 Å². The van der Waals surface area contributed by atoms with Gasteiger partial charge in [-0.05, 0) is 56.0 Å². The molecule has 6 heteroatoms. The largest absolute Gasteiger partial charge is 0.484 e. The second-order valence-electron chi connectivity index (χ2n) is 5.17. The molecule has 0 bridgehead atoms. The number of carbonyl (C=O) groups is 1. The van der Waals surface area contributed by atoms with Gasteiger partial charge < -0.3 is 15.4 Å². The molecular formula is C15H22Cl2N2O2. The molecule has 0 saturated carbocycles. The maximum Gasteiger partial charge on any atom is 0.260 e. The lowest BCUT2D eigenvalue weighted by Gasteiger charge is -2.32. The van der Waals surface area contributed by atoms with E-state index in [4.69, 9.17) is 22.1 Å². The average molecular weight is 333 g/mol. The van der Waals surface area contributed by atoms with E-state index in [9.17, 15) is 4.79 Å². The number of benzene rings is 1. The van der Waals surface area contributed by atoms with Crippen molar-refractivity contribution >= 4 is 29.9 Å². The second kappa shape index (κ2) is 9.13. The lowest BCUT2D eigenvalue weighted by atomic mass is 9.95. The fraction of sp³-hybridized carbons (Fsp3) is 0.533. The van der Waals surface area contributed by atoms with Crippen LogP contribution in [0.5, 0.6) is 5.75 Å². The highest BCUT2D eigenvalue weighted by Gasteiger charge is 2.23. The summed E-state index contributed by atoms with van der Waals surface area (Å²) < 4.78 is 5.50. The molecule has 1 amide bonds. The Bertz CT molecular complexity index is 438. The molecule has 2 rings (SSSR count). The molecular weight excluding hydrogens is 311 g/mol. The van der Waals surface area contributed by atoms with Crippen molar-refractivity contribution < 1.29 is 9.53 Å². The Morgan fingerprint density at radius 2 is 2.10 bits per heavy atom. The molecule has 1 saturated heterocycles. The maximum atomic E-state index is 12.1. The summed E-state index contributed by atoms with van der Waals surface area (Å²) >= 11 is 5.80. The minimum absolute atomic E-state index is 0. The fourth-order valence-corrected chi connectivity index (χ4v) is 2.66. The van der Waals surface area contributed by atoms with Crippen LogP contribution in [0.25, 0.3) is 0 Å². The Morgan fingerprint density at radius 3 is 2.76 bits per heavy atom. The van der Waals surface area contributed by atoms with Crippen molar-refractivity contribution in [1.29, 1.82) is 0 Å². The van der Waals surface area contributed by atoms with Gasteiger partial charge in [0.05, 0.1) is 0 Å². The quantitative estimate of drug-likeness (QED) is 0.901. The van der Waals surface area contributed by atoms with Gasteiger partial charge in [0.25, 0.3) is 5.91 Å². The van der Waals surface area contributed by atoms with Crippen LogP contribution in [0.15, 0.2) is 24.3 Å². The summed E-state index contributed by atoms with van der Waals surface area (Å²) in [5.74, 6) is 1.24. The first-order valence-corrected chi connectivity index (χ1v) is 7.43. The highest BCUT2D eigenvalue weighted by atomic mass is 35.5. The molecule has 0 spiro atoms. The van der Waals surface area contributed by atoms with E-state index in [0.29, 0.717) is 23.2 Å². The first-order valence-electron chi connectivity index (χ1n) is 7.05. The standard InChI is InChI=1S/C15H21ClN2O2.ClH/c16-13-3-5-14(6-4-13)20-11-15(19)18-9-1-2-12(10-18)7-8-17;/h3-6,12H,1-2,7-11,17H2;1H. The predicted octanol–water partition coefficient (Wildman–Crippen LogP) is 2.73. The van der Waals surface area contributed by atoms with Crippen LogP contribution in [-0.4, -0.2) is 37.0 Å². The zero-order valence-electron chi connectivity index (χ0n) is 12.0. The molecule has 21 heavy (non-hydrogen) atoms. The molecule has 1 aromatic rings. The Morgan fingerprint density at radius 1 is 1.38 bits per heavy atom. The molecule has 1 aromatic carbocycles. The van der Waals surface area contributed by atoms with E-state index >= 15 is 0 Å². The molecule has 1 fully saturated rings. The van der Waals surface area contributed by atoms with Crippen molar-refractivity contribution in [3.8, 4) is 5.75 Å². The van der Waals surface area contributed by atoms with Crippen LogP contribution in [-0.2, 0) is 4.79 Å². The summed E-state index contributed by atoms with van der Waals surface area (Å²) in [6, 6.07) is 7.03. The average Bonchev–Trinajstić information content (AvgIpc) is 2.47. The molecule has 118 valence electrons. The fourth-order valence-electron chi connectivity index (χ4n) is 2.53. The topological polar surface area (TPSA) is 55.6 Å². The molecule has 0 aliphatic carbocycles. The third kappa shape index (κ3) is 5.73. The van der Waals surface area contributed by atoms with Crippen LogP contribution < -0.4 is 10.5 Å². The van der Waals surface area contributed by atoms with E-state index < -0.39 is 0 Å². The van der Waals surface area contributed by atoms with Crippen molar-refractivity contribution in [2.75, 3.05) is 26.2 Å². The van der Waals surface area contributed by atoms with Gasteiger partial charge in [-0.3, -0.25) is 4.79 Å². The van der Waals surface area contributed by atoms with Crippen LogP contribution in [0.3, 0.4) is 0 Å². The summed E-state index contributed by atoms with van der Waals surface area (Å²) in [6.07, 6.45) is 3.21. The Balaban J connectivity index is 0.00000220. The van der Waals surface area contributed by atoms with E-state index in [1.54, 1.807) is 24.3 Å². The van der Waals surface area contributed by atoms with Crippen LogP contribution in [0, 0.1) is 5.92 Å². The number of likely N-dealkylation sites (tertiary alicyclic amines) is 1.